The molecule has 44 heavy (non-hydrogen) atoms. The summed E-state index contributed by atoms with van der Waals surface area (Å²) >= 11 is 9.53. The van der Waals surface area contributed by atoms with Crippen molar-refractivity contribution in [2.24, 2.45) is 0 Å². The van der Waals surface area contributed by atoms with Gasteiger partial charge in [-0.1, -0.05) is 12.2 Å². The van der Waals surface area contributed by atoms with Crippen molar-refractivity contribution in [2.45, 2.75) is 61.5 Å². The molecule has 0 amide bonds. The number of thiol groups is 1. The van der Waals surface area contributed by atoms with E-state index in [2.05, 4.69) is 42.2 Å². The first kappa shape index (κ1) is 29.0. The average Bonchev–Trinajstić information content (AvgIpc) is 3.41. The van der Waals surface area contributed by atoms with E-state index in [4.69, 9.17) is 50.8 Å². The summed E-state index contributed by atoms with van der Waals surface area (Å²) in [6, 6.07) is 0. The molecule has 10 atom stereocenters. The molecule has 4 aliphatic rings. The average molecular weight is 689 g/mol. The summed E-state index contributed by atoms with van der Waals surface area (Å²) < 4.78 is 68.1. The molecule has 234 valence electrons. The minimum absolute atomic E-state index is 0.0179. The topological polar surface area (TPSA) is 232 Å². The summed E-state index contributed by atoms with van der Waals surface area (Å²) in [5.74, 6) is 0.247. The Bertz CT molecular complexity index is 1900. The smallest absolute Gasteiger partial charge is 0.382 e. The van der Waals surface area contributed by atoms with E-state index < -0.39 is 62.2 Å². The molecule has 1 spiro atoms. The van der Waals surface area contributed by atoms with Gasteiger partial charge in [0, 0.05) is 12.8 Å². The molecule has 2 bridgehead atoms. The Balaban J connectivity index is 1.12. The number of nitrogen functional groups attached to an aromatic ring is 2. The van der Waals surface area contributed by atoms with Gasteiger partial charge in [0.25, 0.3) is 0 Å². The summed E-state index contributed by atoms with van der Waals surface area (Å²) in [6.45, 7) is -8.56. The summed E-state index contributed by atoms with van der Waals surface area (Å²) in [5.41, 5.74) is 11.4. The highest BCUT2D eigenvalue weighted by Gasteiger charge is 2.73. The summed E-state index contributed by atoms with van der Waals surface area (Å²) in [7, 11) is 0. The monoisotopic (exact) mass is 688 g/mol. The Morgan fingerprint density at radius 2 is 1.64 bits per heavy atom. The number of imidazole rings is 2. The van der Waals surface area contributed by atoms with Crippen LogP contribution in [0.15, 0.2) is 25.3 Å². The Hall–Kier alpha value is -2.42. The maximum absolute atomic E-state index is 16.2. The molecule has 18 nitrogen and oxygen atoms in total. The van der Waals surface area contributed by atoms with Crippen molar-refractivity contribution >= 4 is 71.5 Å². The molecule has 4 aromatic rings. The standard InChI is InChI=1S/C21H23FN10O8P2S2/c22-11-14-21(37-20(11)32-7-30-13-16(24)26-5-28-18(13)32)2-10(21)39-42(34,44)38-9-1-8(3-35-41(33,43)40-14)36-19(9)31-6-29-12-15(23)25-4-27-17(12)31/h4-11,14,19-20H,1-3H2,(H,33,43)(H,34,44)(H2,23,25,27)(H2,24,26,28)/t8?,9-,10-,11-,14+,19-,20-,21?,41?,42?/m1/s1. The summed E-state index contributed by atoms with van der Waals surface area (Å²) in [6.07, 6.45) is -3.03. The van der Waals surface area contributed by atoms with Crippen LogP contribution in [0.3, 0.4) is 0 Å². The number of aromatic nitrogens is 8. The maximum atomic E-state index is 16.2. The number of nitrogens with two attached hydrogens (primary N) is 2. The highest BCUT2D eigenvalue weighted by molar-refractivity contribution is 8.44. The fourth-order valence-electron chi connectivity index (χ4n) is 5.90. The van der Waals surface area contributed by atoms with E-state index in [9.17, 15) is 9.46 Å². The van der Waals surface area contributed by atoms with Crippen LogP contribution in [0, 0.1) is 0 Å². The van der Waals surface area contributed by atoms with E-state index in [1.165, 1.54) is 29.9 Å². The molecule has 23 heteroatoms. The fourth-order valence-corrected chi connectivity index (χ4v) is 9.20. The normalized spacial score (nSPS) is 40.7. The summed E-state index contributed by atoms with van der Waals surface area (Å²) in [5, 5.41) is 0. The van der Waals surface area contributed by atoms with Crippen molar-refractivity contribution in [3.05, 3.63) is 25.3 Å². The SMILES string of the molecule is Nc1ncnc2c1ncn2[C@@H]1OC23C[C@H]2OP(O)(=S)O[C@@H]2CC(COP(=O)(S)O[C@H]3[C@H]1F)O[C@H]2n1cnc2c(N)ncnc21. The minimum atomic E-state index is -4.23. The summed E-state index contributed by atoms with van der Waals surface area (Å²) in [4.78, 5) is 35.9. The molecule has 0 aromatic carbocycles. The first-order valence-corrected chi connectivity index (χ1v) is 18.4. The van der Waals surface area contributed by atoms with Crippen LogP contribution in [0.4, 0.5) is 16.0 Å². The van der Waals surface area contributed by atoms with Crippen LogP contribution < -0.4 is 11.5 Å². The number of rotatable bonds is 2. The van der Waals surface area contributed by atoms with E-state index >= 15 is 4.39 Å². The van der Waals surface area contributed by atoms with Gasteiger partial charge in [-0.25, -0.2) is 38.9 Å². The zero-order valence-corrected chi connectivity index (χ0v) is 25.6. The van der Waals surface area contributed by atoms with Crippen LogP contribution in [-0.4, -0.2) is 86.7 Å². The van der Waals surface area contributed by atoms with Crippen molar-refractivity contribution in [1.82, 2.24) is 39.0 Å². The zero-order chi connectivity index (χ0) is 30.6. The number of hydrogen-bond acceptors (Lipinski definition) is 16. The molecule has 1 saturated carbocycles. The number of ether oxygens (including phenoxy) is 2. The van der Waals surface area contributed by atoms with E-state index in [1.807, 2.05) is 0 Å². The van der Waals surface area contributed by atoms with Crippen molar-refractivity contribution in [2.75, 3.05) is 18.1 Å². The van der Waals surface area contributed by atoms with Gasteiger partial charge in [0.15, 0.2) is 41.6 Å². The number of hydrogen-bond donors (Lipinski definition) is 4. The minimum Gasteiger partial charge on any atom is -0.382 e. The van der Waals surface area contributed by atoms with Gasteiger partial charge in [0.2, 0.25) is 0 Å². The second-order valence-corrected chi connectivity index (χ2v) is 16.3. The van der Waals surface area contributed by atoms with Crippen LogP contribution in [0.2, 0.25) is 0 Å². The van der Waals surface area contributed by atoms with Crippen LogP contribution >= 0.6 is 25.8 Å². The highest BCUT2D eigenvalue weighted by atomic mass is 32.7. The number of anilines is 2. The predicted octanol–water partition coefficient (Wildman–Crippen LogP) is 1.57. The van der Waals surface area contributed by atoms with E-state index in [-0.39, 0.29) is 42.2 Å². The molecular weight excluding hydrogens is 665 g/mol. The first-order valence-electron chi connectivity index (χ1n) is 13.1. The molecule has 4 unspecified atom stereocenters. The lowest BCUT2D eigenvalue weighted by molar-refractivity contribution is -0.0650. The molecule has 7 heterocycles. The van der Waals surface area contributed by atoms with E-state index in [0.717, 1.165) is 0 Å². The van der Waals surface area contributed by atoms with Crippen LogP contribution in [0.1, 0.15) is 25.3 Å². The Morgan fingerprint density at radius 1 is 1.00 bits per heavy atom. The number of nitrogens with zero attached hydrogens (tertiary/aromatic N) is 8. The van der Waals surface area contributed by atoms with Crippen molar-refractivity contribution in [3.63, 3.8) is 0 Å². The van der Waals surface area contributed by atoms with E-state index in [0.29, 0.717) is 11.2 Å². The van der Waals surface area contributed by atoms with Crippen LogP contribution in [0.5, 0.6) is 0 Å². The Morgan fingerprint density at radius 3 is 2.30 bits per heavy atom. The molecule has 8 rings (SSSR count). The number of alkyl halides is 1. The molecule has 0 radical (unpaired) electrons. The molecule has 3 saturated heterocycles. The molecular formula is C21H23FN10O8P2S2. The third kappa shape index (κ3) is 4.65. The quantitative estimate of drug-likeness (QED) is 0.173. The molecule has 3 aliphatic heterocycles. The molecule has 4 aromatic heterocycles. The fraction of sp³-hybridized carbons (Fsp3) is 0.524. The number of fused-ring (bicyclic) bond motifs is 4. The Labute approximate surface area is 256 Å². The third-order valence-electron chi connectivity index (χ3n) is 7.94. The van der Waals surface area contributed by atoms with Crippen molar-refractivity contribution in [1.29, 1.82) is 0 Å². The van der Waals surface area contributed by atoms with E-state index in [1.54, 1.807) is 4.57 Å². The lowest BCUT2D eigenvalue weighted by Gasteiger charge is -2.27. The zero-order valence-electron chi connectivity index (χ0n) is 22.1. The van der Waals surface area contributed by atoms with Gasteiger partial charge in [-0.3, -0.25) is 18.2 Å². The van der Waals surface area contributed by atoms with Crippen molar-refractivity contribution in [3.8, 4) is 0 Å². The second kappa shape index (κ2) is 10.0. The molecule has 1 aliphatic carbocycles. The van der Waals surface area contributed by atoms with Crippen LogP contribution in [-0.2, 0) is 43.9 Å². The number of halogens is 1. The van der Waals surface area contributed by atoms with Crippen molar-refractivity contribution < 1.29 is 41.4 Å². The first-order chi connectivity index (χ1) is 20.9. The largest absolute Gasteiger partial charge is 0.386 e. The maximum Gasteiger partial charge on any atom is 0.386 e. The predicted molar refractivity (Wildman–Crippen MR) is 154 cm³/mol. The third-order valence-corrected chi connectivity index (χ3v) is 11.1. The van der Waals surface area contributed by atoms with Gasteiger partial charge in [-0.05, 0) is 11.8 Å². The highest BCUT2D eigenvalue weighted by Crippen LogP contribution is 2.67. The van der Waals surface area contributed by atoms with Crippen LogP contribution in [0.25, 0.3) is 22.3 Å². The second-order valence-electron chi connectivity index (χ2n) is 10.7. The van der Waals surface area contributed by atoms with Gasteiger partial charge in [-0.2, -0.15) is 0 Å². The lowest BCUT2D eigenvalue weighted by Crippen LogP contribution is -2.35. The van der Waals surface area contributed by atoms with Gasteiger partial charge < -0.3 is 34.9 Å². The molecule has 5 N–H and O–H groups in total. The van der Waals surface area contributed by atoms with Gasteiger partial charge >= 0.3 is 13.5 Å². The molecule has 4 fully saturated rings. The van der Waals surface area contributed by atoms with Gasteiger partial charge in [0.05, 0.1) is 25.4 Å². The lowest BCUT2D eigenvalue weighted by atomic mass is 10.1. The Kier molecular flexibility index (Phi) is 6.62. The van der Waals surface area contributed by atoms with Gasteiger partial charge in [-0.15, -0.1) is 0 Å². The van der Waals surface area contributed by atoms with Gasteiger partial charge in [0.1, 0.15) is 47.6 Å².